The Morgan fingerprint density at radius 1 is 1.19 bits per heavy atom. The number of hydrogen-bond acceptors (Lipinski definition) is 4. The van der Waals surface area contributed by atoms with Crippen LogP contribution in [0.1, 0.15) is 42.4 Å². The number of aliphatic hydroxyl groups is 1. The monoisotopic (exact) mass is 474 g/mol. The van der Waals surface area contributed by atoms with Gasteiger partial charge in [0.1, 0.15) is 5.75 Å². The molecule has 1 saturated heterocycles. The molecule has 6 nitrogen and oxygen atoms in total. The summed E-state index contributed by atoms with van der Waals surface area (Å²) in [7, 11) is 0. The van der Waals surface area contributed by atoms with Crippen molar-refractivity contribution in [3.8, 4) is 5.75 Å². The van der Waals surface area contributed by atoms with E-state index < -0.39 is 12.2 Å². The predicted octanol–water partition coefficient (Wildman–Crippen LogP) is 4.21. The Morgan fingerprint density at radius 2 is 1.91 bits per heavy atom. The summed E-state index contributed by atoms with van der Waals surface area (Å²) < 4.78 is 5.74. The van der Waals surface area contributed by atoms with Gasteiger partial charge >= 0.3 is 0 Å². The van der Waals surface area contributed by atoms with E-state index in [1.807, 2.05) is 12.1 Å². The molecule has 2 amide bonds. The molecule has 2 aromatic rings. The summed E-state index contributed by atoms with van der Waals surface area (Å²) in [5.41, 5.74) is 2.03. The number of likely N-dealkylation sites (tertiary alicyclic amines) is 1. The van der Waals surface area contributed by atoms with Crippen molar-refractivity contribution in [3.05, 3.63) is 75.9 Å². The summed E-state index contributed by atoms with van der Waals surface area (Å²) in [4.78, 5) is 27.2. The van der Waals surface area contributed by atoms with E-state index in [0.29, 0.717) is 46.6 Å². The summed E-state index contributed by atoms with van der Waals surface area (Å²) in [6.07, 6.45) is -0.366. The molecule has 2 N–H and O–H groups in total. The Morgan fingerprint density at radius 3 is 2.66 bits per heavy atom. The average Bonchev–Trinajstić information content (AvgIpc) is 3.13. The molecule has 32 heavy (non-hydrogen) atoms. The van der Waals surface area contributed by atoms with E-state index in [4.69, 9.17) is 27.9 Å². The van der Waals surface area contributed by atoms with Crippen molar-refractivity contribution in [2.45, 2.75) is 37.4 Å². The summed E-state index contributed by atoms with van der Waals surface area (Å²) in [6, 6.07) is 12.3. The molecule has 0 unspecified atom stereocenters. The number of halogens is 2. The predicted molar refractivity (Wildman–Crippen MR) is 123 cm³/mol. The largest absolute Gasteiger partial charge is 0.480 e. The normalized spacial score (nSPS) is 22.3. The molecule has 0 aliphatic carbocycles. The van der Waals surface area contributed by atoms with Gasteiger partial charge in [-0.2, -0.15) is 0 Å². The number of ether oxygens (including phenoxy) is 1. The Hall–Kier alpha value is -2.54. The minimum atomic E-state index is -0.839. The van der Waals surface area contributed by atoms with Crippen molar-refractivity contribution in [1.29, 1.82) is 0 Å². The van der Waals surface area contributed by atoms with Crippen LogP contribution in [0.5, 0.6) is 5.75 Å². The minimum absolute atomic E-state index is 0.0699. The highest BCUT2D eigenvalue weighted by Gasteiger charge is 2.34. The van der Waals surface area contributed by atoms with E-state index in [1.165, 1.54) is 0 Å². The van der Waals surface area contributed by atoms with Gasteiger partial charge in [0.25, 0.3) is 5.91 Å². The Balaban J connectivity index is 1.28. The minimum Gasteiger partial charge on any atom is -0.480 e. The van der Waals surface area contributed by atoms with Crippen molar-refractivity contribution in [2.75, 3.05) is 13.1 Å². The van der Waals surface area contributed by atoms with Crippen LogP contribution in [0.15, 0.2) is 54.7 Å². The van der Waals surface area contributed by atoms with Gasteiger partial charge in [-0.25, -0.2) is 0 Å². The molecule has 0 radical (unpaired) electrons. The Bertz CT molecular complexity index is 1040. The molecule has 4 rings (SSSR count). The van der Waals surface area contributed by atoms with Crippen molar-refractivity contribution in [3.63, 3.8) is 0 Å². The molecule has 168 valence electrons. The van der Waals surface area contributed by atoms with Crippen LogP contribution in [-0.2, 0) is 9.59 Å². The van der Waals surface area contributed by atoms with Crippen LogP contribution < -0.4 is 10.1 Å². The zero-order valence-corrected chi connectivity index (χ0v) is 18.9. The first-order valence-corrected chi connectivity index (χ1v) is 11.2. The van der Waals surface area contributed by atoms with Gasteiger partial charge in [0.2, 0.25) is 5.91 Å². The van der Waals surface area contributed by atoms with E-state index in [0.717, 1.165) is 12.0 Å². The van der Waals surface area contributed by atoms with Crippen LogP contribution >= 0.6 is 23.2 Å². The highest BCUT2D eigenvalue weighted by molar-refractivity contribution is 6.30. The van der Waals surface area contributed by atoms with Crippen LogP contribution in [0.3, 0.4) is 0 Å². The van der Waals surface area contributed by atoms with Crippen molar-refractivity contribution in [2.24, 2.45) is 0 Å². The number of carbonyl (C=O) groups is 2. The maximum absolute atomic E-state index is 12.8. The van der Waals surface area contributed by atoms with Gasteiger partial charge in [0.15, 0.2) is 6.10 Å². The second-order valence-corrected chi connectivity index (χ2v) is 8.97. The summed E-state index contributed by atoms with van der Waals surface area (Å²) >= 11 is 11.9. The molecular weight excluding hydrogens is 451 g/mol. The molecule has 2 heterocycles. The van der Waals surface area contributed by atoms with E-state index in [9.17, 15) is 14.7 Å². The molecule has 3 atom stereocenters. The molecule has 0 saturated carbocycles. The zero-order chi connectivity index (χ0) is 22.8. The highest BCUT2D eigenvalue weighted by Crippen LogP contribution is 2.36. The third-order valence-corrected chi connectivity index (χ3v) is 6.37. The molecule has 8 heteroatoms. The zero-order valence-electron chi connectivity index (χ0n) is 17.4. The first-order valence-electron chi connectivity index (χ1n) is 10.5. The quantitative estimate of drug-likeness (QED) is 0.656. The second-order valence-electron chi connectivity index (χ2n) is 8.10. The third kappa shape index (κ3) is 4.93. The van der Waals surface area contributed by atoms with E-state index in [-0.39, 0.29) is 24.2 Å². The topological polar surface area (TPSA) is 78.9 Å². The lowest BCUT2D eigenvalue weighted by Gasteiger charge is -2.29. The molecule has 2 aliphatic rings. The van der Waals surface area contributed by atoms with E-state index in [2.05, 4.69) is 11.9 Å². The first kappa shape index (κ1) is 22.6. The lowest BCUT2D eigenvalue weighted by molar-refractivity contribution is -0.129. The van der Waals surface area contributed by atoms with Gasteiger partial charge in [0.05, 0.1) is 12.0 Å². The van der Waals surface area contributed by atoms with Crippen molar-refractivity contribution < 1.29 is 19.4 Å². The SMILES string of the molecule is C=C(CCN1CC[C@H](c2ccc(Cl)cc2)C1=O)NC(=O)[C@H]1C[C@@H](O)c2cc(Cl)ccc2O1. The van der Waals surface area contributed by atoms with Gasteiger partial charge in [-0.1, -0.05) is 41.9 Å². The molecule has 2 aromatic carbocycles. The van der Waals surface area contributed by atoms with Crippen LogP contribution in [0.2, 0.25) is 10.0 Å². The number of rotatable bonds is 6. The smallest absolute Gasteiger partial charge is 0.265 e. The maximum atomic E-state index is 12.8. The van der Waals surface area contributed by atoms with Crippen LogP contribution in [-0.4, -0.2) is 41.0 Å². The van der Waals surface area contributed by atoms with E-state index >= 15 is 0 Å². The summed E-state index contributed by atoms with van der Waals surface area (Å²) in [5.74, 6) is -0.0301. The molecule has 2 aliphatic heterocycles. The Kier molecular flexibility index (Phi) is 6.74. The van der Waals surface area contributed by atoms with Gasteiger partial charge < -0.3 is 20.1 Å². The second kappa shape index (κ2) is 9.53. The molecule has 0 bridgehead atoms. The summed E-state index contributed by atoms with van der Waals surface area (Å²) in [6.45, 7) is 5.04. The van der Waals surface area contributed by atoms with Gasteiger partial charge in [-0.15, -0.1) is 0 Å². The fourth-order valence-corrected chi connectivity index (χ4v) is 4.44. The number of benzene rings is 2. The van der Waals surface area contributed by atoms with E-state index in [1.54, 1.807) is 35.2 Å². The number of aliphatic hydroxyl groups excluding tert-OH is 1. The standard InChI is InChI=1S/C24H24Cl2N2O4/c1-14(8-10-28-11-9-18(24(28)31)15-2-4-16(25)5-3-15)27-23(30)22-13-20(29)19-12-17(26)6-7-21(19)32-22/h2-7,12,18,20,22,29H,1,8-11,13H2,(H,27,30)/t18-,20-,22-/m1/s1. The fraction of sp³-hybridized carbons (Fsp3) is 0.333. The Labute approximate surface area is 196 Å². The highest BCUT2D eigenvalue weighted by atomic mass is 35.5. The van der Waals surface area contributed by atoms with Crippen LogP contribution in [0.25, 0.3) is 0 Å². The van der Waals surface area contributed by atoms with Crippen molar-refractivity contribution in [1.82, 2.24) is 10.2 Å². The number of carbonyl (C=O) groups excluding carboxylic acids is 2. The third-order valence-electron chi connectivity index (χ3n) is 5.88. The first-order chi connectivity index (χ1) is 15.3. The molecule has 1 fully saturated rings. The van der Waals surface area contributed by atoms with Gasteiger partial charge in [-0.05, 0) is 42.3 Å². The number of amides is 2. The van der Waals surface area contributed by atoms with Crippen LogP contribution in [0.4, 0.5) is 0 Å². The number of hydrogen-bond donors (Lipinski definition) is 2. The average molecular weight is 475 g/mol. The summed E-state index contributed by atoms with van der Waals surface area (Å²) in [5, 5.41) is 14.2. The fourth-order valence-electron chi connectivity index (χ4n) is 4.13. The molecule has 0 spiro atoms. The van der Waals surface area contributed by atoms with Crippen molar-refractivity contribution >= 4 is 35.0 Å². The number of fused-ring (bicyclic) bond motifs is 1. The number of nitrogens with zero attached hydrogens (tertiary/aromatic N) is 1. The molecular formula is C24H24Cl2N2O4. The molecule has 0 aromatic heterocycles. The van der Waals surface area contributed by atoms with Gasteiger partial charge in [-0.3, -0.25) is 9.59 Å². The van der Waals surface area contributed by atoms with Gasteiger partial charge in [0, 0.05) is 47.2 Å². The lowest BCUT2D eigenvalue weighted by atomic mass is 9.98. The maximum Gasteiger partial charge on any atom is 0.265 e. The van der Waals surface area contributed by atoms with Crippen LogP contribution in [0, 0.1) is 0 Å². The number of nitrogens with one attached hydrogen (secondary N) is 1. The lowest BCUT2D eigenvalue weighted by Crippen LogP contribution is -2.41.